The fourth-order valence-corrected chi connectivity index (χ4v) is 8.89. The molecule has 2 aliphatic rings. The second-order valence-electron chi connectivity index (χ2n) is 15.9. The number of aromatic amines is 2. The smallest absolute Gasteiger partial charge is 0.407 e. The first kappa shape index (κ1) is 41.2. The van der Waals surface area contributed by atoms with Gasteiger partial charge in [0.1, 0.15) is 23.7 Å². The fourth-order valence-electron chi connectivity index (χ4n) is 8.89. The molecular weight excluding hydrogens is 769 g/mol. The molecule has 2 saturated heterocycles. The van der Waals surface area contributed by atoms with E-state index in [1.165, 1.54) is 7.11 Å². The average Bonchev–Trinajstić information content (AvgIpc) is 4.16. The molecule has 3 aromatic heterocycles. The van der Waals surface area contributed by atoms with E-state index < -0.39 is 12.1 Å². The van der Waals surface area contributed by atoms with E-state index in [9.17, 15) is 14.4 Å². The van der Waals surface area contributed by atoms with E-state index in [0.29, 0.717) is 24.6 Å². The number of alkyl carbamates (subject to hydrolysis) is 1. The predicted molar refractivity (Wildman–Crippen MR) is 233 cm³/mol. The summed E-state index contributed by atoms with van der Waals surface area (Å²) in [6.07, 6.45) is 10.2. The number of likely N-dealkylation sites (N-methyl/N-ethyl adjacent to an activating group) is 1. The summed E-state index contributed by atoms with van der Waals surface area (Å²) in [5.74, 6) is 1.46. The number of nitrogens with one attached hydrogen (secondary N) is 3. The molecule has 0 spiro atoms. The Hall–Kier alpha value is -6.54. The van der Waals surface area contributed by atoms with Crippen LogP contribution in [-0.4, -0.2) is 101 Å². The molecule has 316 valence electrons. The highest BCUT2D eigenvalue weighted by Crippen LogP contribution is 2.37. The van der Waals surface area contributed by atoms with Crippen molar-refractivity contribution in [2.75, 3.05) is 33.3 Å². The number of hydrogen-bond donors (Lipinski definition) is 3. The maximum absolute atomic E-state index is 14.2. The predicted octanol–water partition coefficient (Wildman–Crippen LogP) is 7.24. The Balaban J connectivity index is 0.924. The molecule has 3 amide bonds. The van der Waals surface area contributed by atoms with Crippen molar-refractivity contribution in [1.29, 1.82) is 0 Å². The Kier molecular flexibility index (Phi) is 12.4. The molecule has 2 fully saturated rings. The molecule has 3 N–H and O–H groups in total. The number of H-pyrrole nitrogens is 2. The van der Waals surface area contributed by atoms with Crippen LogP contribution in [0.15, 0.2) is 104 Å². The van der Waals surface area contributed by atoms with Crippen molar-refractivity contribution < 1.29 is 19.1 Å². The molecule has 6 aromatic rings. The summed E-state index contributed by atoms with van der Waals surface area (Å²) in [5.41, 5.74) is 7.65. The first-order valence-electron chi connectivity index (χ1n) is 21.3. The molecule has 2 aliphatic heterocycles. The molecule has 0 radical (unpaired) electrons. The molecule has 14 nitrogen and oxygen atoms in total. The van der Waals surface area contributed by atoms with Gasteiger partial charge in [-0.2, -0.15) is 0 Å². The number of aryl methyl sites for hydroxylation is 1. The van der Waals surface area contributed by atoms with Crippen molar-refractivity contribution in [3.8, 4) is 33.6 Å². The zero-order chi connectivity index (χ0) is 42.5. The molecule has 5 heterocycles. The van der Waals surface area contributed by atoms with Crippen LogP contribution in [0.1, 0.15) is 80.6 Å². The highest BCUT2D eigenvalue weighted by molar-refractivity contribution is 5.86. The topological polar surface area (TPSA) is 157 Å². The number of hydrogen-bond acceptors (Lipinski definition) is 8. The average molecular weight is 823 g/mol. The van der Waals surface area contributed by atoms with Crippen molar-refractivity contribution >= 4 is 17.9 Å². The molecule has 8 rings (SSSR count). The summed E-state index contributed by atoms with van der Waals surface area (Å²) in [6, 6.07) is 25.4. The summed E-state index contributed by atoms with van der Waals surface area (Å²) in [7, 11) is 3.14. The lowest BCUT2D eigenvalue weighted by Crippen LogP contribution is -2.49. The second kappa shape index (κ2) is 18.4. The number of likely N-dealkylation sites (tertiary alicyclic amines) is 2. The minimum Gasteiger partial charge on any atom is -0.453 e. The van der Waals surface area contributed by atoms with Crippen LogP contribution in [0.4, 0.5) is 4.79 Å². The third-order valence-electron chi connectivity index (χ3n) is 12.1. The minimum atomic E-state index is -0.827. The van der Waals surface area contributed by atoms with Gasteiger partial charge in [-0.25, -0.2) is 19.7 Å². The van der Waals surface area contributed by atoms with Gasteiger partial charge >= 0.3 is 6.09 Å². The molecule has 14 heteroatoms. The Labute approximate surface area is 356 Å². The van der Waals surface area contributed by atoms with Gasteiger partial charge in [-0.3, -0.25) is 14.5 Å². The lowest BCUT2D eigenvalue weighted by Gasteiger charge is -2.34. The lowest BCUT2D eigenvalue weighted by atomic mass is 10.0. The van der Waals surface area contributed by atoms with Crippen LogP contribution < -0.4 is 5.32 Å². The summed E-state index contributed by atoms with van der Waals surface area (Å²) >= 11 is 0. The third kappa shape index (κ3) is 8.85. The lowest BCUT2D eigenvalue weighted by molar-refractivity contribution is -0.138. The zero-order valence-electron chi connectivity index (χ0n) is 35.3. The van der Waals surface area contributed by atoms with Gasteiger partial charge in [-0.1, -0.05) is 92.7 Å². The quantitative estimate of drug-likeness (QED) is 0.104. The molecule has 4 atom stereocenters. The van der Waals surface area contributed by atoms with Crippen LogP contribution >= 0.6 is 0 Å². The maximum atomic E-state index is 14.2. The van der Waals surface area contributed by atoms with E-state index >= 15 is 0 Å². The van der Waals surface area contributed by atoms with E-state index in [-0.39, 0.29) is 36.4 Å². The minimum absolute atomic E-state index is 0.100. The van der Waals surface area contributed by atoms with Crippen LogP contribution in [0.2, 0.25) is 0 Å². The van der Waals surface area contributed by atoms with Gasteiger partial charge in [0.15, 0.2) is 0 Å². The second-order valence-corrected chi connectivity index (χ2v) is 15.9. The zero-order valence-corrected chi connectivity index (χ0v) is 35.3. The van der Waals surface area contributed by atoms with Crippen LogP contribution in [0.5, 0.6) is 0 Å². The highest BCUT2D eigenvalue weighted by Gasteiger charge is 2.39. The van der Waals surface area contributed by atoms with Crippen molar-refractivity contribution in [3.05, 3.63) is 127 Å². The molecule has 0 aliphatic carbocycles. The molecular formula is C47H54N10O4. The Morgan fingerprint density at radius 1 is 0.754 bits per heavy atom. The summed E-state index contributed by atoms with van der Waals surface area (Å²) in [6.45, 7) is 7.07. The van der Waals surface area contributed by atoms with E-state index in [1.54, 1.807) is 11.2 Å². The first-order valence-corrected chi connectivity index (χ1v) is 21.3. The van der Waals surface area contributed by atoms with Crippen LogP contribution in [0.25, 0.3) is 33.6 Å². The number of ether oxygens (including phenoxy) is 1. The number of benzene rings is 3. The van der Waals surface area contributed by atoms with E-state index in [4.69, 9.17) is 14.7 Å². The van der Waals surface area contributed by atoms with Gasteiger partial charge in [0.2, 0.25) is 11.8 Å². The number of aromatic nitrogens is 6. The number of methoxy groups -OCH3 is 1. The number of amides is 3. The van der Waals surface area contributed by atoms with Gasteiger partial charge in [-0.05, 0) is 66.6 Å². The Morgan fingerprint density at radius 3 is 1.77 bits per heavy atom. The van der Waals surface area contributed by atoms with Crippen molar-refractivity contribution in [2.45, 2.75) is 70.1 Å². The van der Waals surface area contributed by atoms with E-state index in [0.717, 1.165) is 83.8 Å². The number of nitrogens with zero attached hydrogens (tertiary/aromatic N) is 7. The SMILES string of the molecule is CCN(CC)[C@H](C(=O)N1CCC[C@H]1c1ncc(-c2ccc(-c3ccc(-c4cnc([C@@H]5CCCN5C(=O)[C@H](Cc5cn(C)cn5)NC(=O)OC)[nH]4)cc3)cc2)[nH]1)c1ccccc1. The standard InChI is InChI=1S/C47H54N10O4/c1-5-55(6-2)42(35-12-8-7-9-13-35)46(59)57-25-11-15-41(57)44-49-28-39(52-44)34-22-18-32(19-23-34)31-16-20-33(21-17-31)38-27-48-43(51-38)40-14-10-24-56(40)45(58)37(53-47(60)61-4)26-36-29-54(3)30-50-36/h7-9,12-13,16-23,27-30,37,40-42H,5-6,10-11,14-15,24-26H2,1-4H3,(H,48,51)(H,49,52)(H,53,60)/t37-,40-,41-,42-/m0/s1. The Bertz CT molecular complexity index is 2420. The van der Waals surface area contributed by atoms with Gasteiger partial charge in [0.25, 0.3) is 0 Å². The maximum Gasteiger partial charge on any atom is 0.407 e. The monoisotopic (exact) mass is 822 g/mol. The van der Waals surface area contributed by atoms with E-state index in [1.807, 2.05) is 53.3 Å². The fraction of sp³-hybridized carbons (Fsp3) is 0.362. The molecule has 0 saturated carbocycles. The largest absolute Gasteiger partial charge is 0.453 e. The number of rotatable bonds is 14. The Morgan fingerprint density at radius 2 is 1.28 bits per heavy atom. The molecule has 0 unspecified atom stereocenters. The van der Waals surface area contributed by atoms with Crippen molar-refractivity contribution in [3.63, 3.8) is 0 Å². The summed E-state index contributed by atoms with van der Waals surface area (Å²) < 4.78 is 6.64. The molecule has 3 aromatic carbocycles. The number of carbonyl (C=O) groups excluding carboxylic acids is 3. The van der Waals surface area contributed by atoms with Gasteiger partial charge < -0.3 is 34.4 Å². The van der Waals surface area contributed by atoms with Crippen LogP contribution in [-0.2, 0) is 27.8 Å². The third-order valence-corrected chi connectivity index (χ3v) is 12.1. The normalized spacial score (nSPS) is 17.5. The van der Waals surface area contributed by atoms with Gasteiger partial charge in [0, 0.05) is 32.8 Å². The summed E-state index contributed by atoms with van der Waals surface area (Å²) in [5, 5.41) is 2.71. The first-order chi connectivity index (χ1) is 29.7. The van der Waals surface area contributed by atoms with Crippen LogP contribution in [0, 0.1) is 0 Å². The van der Waals surface area contributed by atoms with Crippen molar-refractivity contribution in [2.24, 2.45) is 7.05 Å². The molecule has 61 heavy (non-hydrogen) atoms. The van der Waals surface area contributed by atoms with E-state index in [2.05, 4.69) is 99.7 Å². The molecule has 0 bridgehead atoms. The number of carbonyl (C=O) groups is 3. The number of imidazole rings is 3. The summed E-state index contributed by atoms with van der Waals surface area (Å²) in [4.78, 5) is 67.3. The van der Waals surface area contributed by atoms with Gasteiger partial charge in [-0.15, -0.1) is 0 Å². The van der Waals surface area contributed by atoms with Crippen LogP contribution in [0.3, 0.4) is 0 Å². The highest BCUT2D eigenvalue weighted by atomic mass is 16.5. The van der Waals surface area contributed by atoms with Crippen molar-refractivity contribution in [1.82, 2.24) is 49.5 Å². The van der Waals surface area contributed by atoms with Gasteiger partial charge in [0.05, 0.1) is 55.0 Å².